The molecule has 1 saturated heterocycles. The summed E-state index contributed by atoms with van der Waals surface area (Å²) in [5, 5.41) is 0. The molecular weight excluding hydrogens is 249 g/mol. The van der Waals surface area contributed by atoms with E-state index >= 15 is 0 Å². The first-order chi connectivity index (χ1) is 6.27. The van der Waals surface area contributed by atoms with Gasteiger partial charge in [0, 0.05) is 6.04 Å². The fraction of sp³-hybridized carbons (Fsp3) is 0.857. The highest BCUT2D eigenvalue weighted by Crippen LogP contribution is 2.27. The number of carbonyl (C=O) groups excluding carboxylic acids is 1. The van der Waals surface area contributed by atoms with Crippen molar-refractivity contribution in [3.8, 4) is 0 Å². The van der Waals surface area contributed by atoms with Crippen LogP contribution in [0.4, 0.5) is 0 Å². The molecule has 7 heteroatoms. The third-order valence-electron chi connectivity index (χ3n) is 1.99. The molecule has 4 nitrogen and oxygen atoms in total. The number of nitrogens with zero attached hydrogens (tertiary/aromatic N) is 1. The maximum Gasteiger partial charge on any atom is 0.239 e. The average Bonchev–Trinajstić information content (AvgIpc) is 1.98. The molecule has 0 spiro atoms. The quantitative estimate of drug-likeness (QED) is 0.517. The topological polar surface area (TPSA) is 54.5 Å². The van der Waals surface area contributed by atoms with Crippen molar-refractivity contribution in [3.05, 3.63) is 0 Å². The number of alkyl halides is 2. The molecule has 0 aromatic carbocycles. The lowest BCUT2D eigenvalue weighted by Gasteiger charge is -2.37. The summed E-state index contributed by atoms with van der Waals surface area (Å²) in [6, 6.07) is -0.151. The molecule has 1 amide bonds. The van der Waals surface area contributed by atoms with E-state index in [0.29, 0.717) is 0 Å². The lowest BCUT2D eigenvalue weighted by atomic mass is 10.3. The highest BCUT2D eigenvalue weighted by atomic mass is 35.5. The number of halogens is 2. The molecule has 0 aliphatic carbocycles. The van der Waals surface area contributed by atoms with Crippen LogP contribution in [-0.4, -0.2) is 41.2 Å². The van der Waals surface area contributed by atoms with Crippen molar-refractivity contribution in [2.24, 2.45) is 0 Å². The van der Waals surface area contributed by atoms with Crippen LogP contribution in [0.2, 0.25) is 0 Å². The van der Waals surface area contributed by atoms with Crippen molar-refractivity contribution >= 4 is 38.9 Å². The highest BCUT2D eigenvalue weighted by Gasteiger charge is 2.44. The van der Waals surface area contributed by atoms with E-state index in [0.717, 1.165) is 0 Å². The minimum Gasteiger partial charge on any atom is -0.320 e. The molecule has 2 atom stereocenters. The van der Waals surface area contributed by atoms with Gasteiger partial charge in [0.2, 0.25) is 5.91 Å². The monoisotopic (exact) mass is 259 g/mol. The minimum atomic E-state index is -3.58. The van der Waals surface area contributed by atoms with Gasteiger partial charge >= 0.3 is 0 Å². The Morgan fingerprint density at radius 2 is 1.93 bits per heavy atom. The Morgan fingerprint density at radius 3 is 2.36 bits per heavy atom. The van der Waals surface area contributed by atoms with E-state index in [9.17, 15) is 13.2 Å². The van der Waals surface area contributed by atoms with E-state index in [2.05, 4.69) is 0 Å². The van der Waals surface area contributed by atoms with Gasteiger partial charge in [-0.15, -0.1) is 11.6 Å². The third-order valence-corrected chi connectivity index (χ3v) is 5.38. The van der Waals surface area contributed by atoms with Crippen molar-refractivity contribution in [1.29, 1.82) is 0 Å². The molecule has 0 aromatic heterocycles. The van der Waals surface area contributed by atoms with Crippen molar-refractivity contribution in [3.63, 3.8) is 0 Å². The van der Waals surface area contributed by atoms with Crippen LogP contribution in [0.1, 0.15) is 13.8 Å². The summed E-state index contributed by atoms with van der Waals surface area (Å²) in [7, 11) is -3.58. The Kier molecular flexibility index (Phi) is 3.33. The Balaban J connectivity index is 3.03. The Hall–Kier alpha value is -0.000000000000000111. The second kappa shape index (κ2) is 3.87. The van der Waals surface area contributed by atoms with E-state index < -0.39 is 31.7 Å². The van der Waals surface area contributed by atoms with Gasteiger partial charge in [0.1, 0.15) is 11.3 Å². The molecule has 2 unspecified atom stereocenters. The van der Waals surface area contributed by atoms with Gasteiger partial charge in [-0.25, -0.2) is 8.42 Å². The molecule has 1 aliphatic heterocycles. The second-order valence-corrected chi connectivity index (χ2v) is 6.72. The number of sulfone groups is 1. The zero-order valence-electron chi connectivity index (χ0n) is 7.78. The zero-order valence-corrected chi connectivity index (χ0v) is 10.1. The van der Waals surface area contributed by atoms with Crippen molar-refractivity contribution in [2.45, 2.75) is 30.1 Å². The molecular formula is C7H11Cl2NO3S. The number of hydrogen-bond acceptors (Lipinski definition) is 3. The molecule has 0 N–H and O–H groups in total. The standard InChI is InChI=1S/C7H11Cl2NO3S/c1-4(2)10-5(11)3-14(12,13)7(9)6(10)8/h4,6-7H,3H2,1-2H3. The summed E-state index contributed by atoms with van der Waals surface area (Å²) in [6.07, 6.45) is 0. The number of carbonyl (C=O) groups is 1. The summed E-state index contributed by atoms with van der Waals surface area (Å²) in [5.74, 6) is -1.04. The van der Waals surface area contributed by atoms with E-state index in [-0.39, 0.29) is 6.04 Å². The maximum absolute atomic E-state index is 11.4. The zero-order chi connectivity index (χ0) is 11.1. The molecule has 1 aliphatic rings. The molecule has 0 bridgehead atoms. The van der Waals surface area contributed by atoms with Crippen LogP contribution in [0.5, 0.6) is 0 Å². The van der Waals surface area contributed by atoms with Gasteiger partial charge in [-0.05, 0) is 13.8 Å². The van der Waals surface area contributed by atoms with Gasteiger partial charge in [0.15, 0.2) is 14.5 Å². The van der Waals surface area contributed by atoms with Gasteiger partial charge in [-0.3, -0.25) is 4.79 Å². The first-order valence-electron chi connectivity index (χ1n) is 4.08. The van der Waals surface area contributed by atoms with Crippen LogP contribution in [-0.2, 0) is 14.6 Å². The van der Waals surface area contributed by atoms with Gasteiger partial charge in [0.05, 0.1) is 0 Å². The molecule has 0 saturated carbocycles. The SMILES string of the molecule is CC(C)N1C(=O)CS(=O)(=O)C(Cl)C1Cl. The van der Waals surface area contributed by atoms with Crippen molar-refractivity contribution in [1.82, 2.24) is 4.90 Å². The normalized spacial score (nSPS) is 32.4. The number of rotatable bonds is 1. The Morgan fingerprint density at radius 1 is 1.43 bits per heavy atom. The van der Waals surface area contributed by atoms with E-state index in [1.165, 1.54) is 4.90 Å². The first-order valence-corrected chi connectivity index (χ1v) is 6.67. The van der Waals surface area contributed by atoms with Crippen LogP contribution in [0, 0.1) is 0 Å². The van der Waals surface area contributed by atoms with E-state index in [1.54, 1.807) is 13.8 Å². The molecule has 1 heterocycles. The van der Waals surface area contributed by atoms with Crippen LogP contribution in [0.15, 0.2) is 0 Å². The van der Waals surface area contributed by atoms with Gasteiger partial charge in [-0.1, -0.05) is 11.6 Å². The molecule has 0 radical (unpaired) electrons. The van der Waals surface area contributed by atoms with Crippen LogP contribution in [0.3, 0.4) is 0 Å². The van der Waals surface area contributed by atoms with Crippen LogP contribution < -0.4 is 0 Å². The molecule has 1 rings (SSSR count). The van der Waals surface area contributed by atoms with Crippen LogP contribution >= 0.6 is 23.2 Å². The molecule has 82 valence electrons. The van der Waals surface area contributed by atoms with Gasteiger partial charge in [-0.2, -0.15) is 0 Å². The lowest BCUT2D eigenvalue weighted by molar-refractivity contribution is -0.131. The Bertz CT molecular complexity index is 341. The van der Waals surface area contributed by atoms with E-state index in [1.807, 2.05) is 0 Å². The predicted molar refractivity (Wildman–Crippen MR) is 55.1 cm³/mol. The molecule has 0 aromatic rings. The van der Waals surface area contributed by atoms with Crippen LogP contribution in [0.25, 0.3) is 0 Å². The molecule has 14 heavy (non-hydrogen) atoms. The smallest absolute Gasteiger partial charge is 0.239 e. The number of hydrogen-bond donors (Lipinski definition) is 0. The summed E-state index contributed by atoms with van der Waals surface area (Å²) >= 11 is 11.5. The minimum absolute atomic E-state index is 0.151. The largest absolute Gasteiger partial charge is 0.320 e. The number of amides is 1. The summed E-state index contributed by atoms with van der Waals surface area (Å²) < 4.78 is 21.4. The van der Waals surface area contributed by atoms with Crippen molar-refractivity contribution < 1.29 is 13.2 Å². The van der Waals surface area contributed by atoms with Crippen molar-refractivity contribution in [2.75, 3.05) is 5.75 Å². The fourth-order valence-corrected chi connectivity index (χ4v) is 3.57. The Labute approximate surface area is 93.1 Å². The third kappa shape index (κ3) is 1.99. The highest BCUT2D eigenvalue weighted by molar-refractivity contribution is 7.94. The average molecular weight is 260 g/mol. The summed E-state index contributed by atoms with van der Waals surface area (Å²) in [6.45, 7) is 3.52. The second-order valence-electron chi connectivity index (χ2n) is 3.43. The van der Waals surface area contributed by atoms with Gasteiger partial charge in [0.25, 0.3) is 0 Å². The van der Waals surface area contributed by atoms with Gasteiger partial charge < -0.3 is 4.90 Å². The lowest BCUT2D eigenvalue weighted by Crippen LogP contribution is -2.55. The predicted octanol–water partition coefficient (Wildman–Crippen LogP) is 0.782. The first kappa shape index (κ1) is 12.1. The fourth-order valence-electron chi connectivity index (χ4n) is 1.33. The summed E-state index contributed by atoms with van der Waals surface area (Å²) in [4.78, 5) is 12.7. The summed E-state index contributed by atoms with van der Waals surface area (Å²) in [5.41, 5.74) is -0.983. The molecule has 1 fully saturated rings. The maximum atomic E-state index is 11.4. The van der Waals surface area contributed by atoms with E-state index in [4.69, 9.17) is 23.2 Å².